The fourth-order valence-corrected chi connectivity index (χ4v) is 1.62. The van der Waals surface area contributed by atoms with Crippen LogP contribution in [0.1, 0.15) is 15.9 Å². The van der Waals surface area contributed by atoms with E-state index in [1.165, 1.54) is 0 Å². The number of hydrogen-bond donors (Lipinski definition) is 1. The van der Waals surface area contributed by atoms with Crippen LogP contribution in [0.2, 0.25) is 0 Å². The van der Waals surface area contributed by atoms with Crippen molar-refractivity contribution in [2.24, 2.45) is 0 Å². The molecule has 4 heteroatoms. The number of hydrogen-bond acceptors (Lipinski definition) is 1. The molecule has 1 N–H and O–H groups in total. The van der Waals surface area contributed by atoms with Gasteiger partial charge in [0.1, 0.15) is 0 Å². The van der Waals surface area contributed by atoms with Crippen LogP contribution >= 0.6 is 15.9 Å². The lowest BCUT2D eigenvalue weighted by molar-refractivity contribution is 0.101. The lowest BCUT2D eigenvalue weighted by atomic mass is 10.1. The van der Waals surface area contributed by atoms with Crippen LogP contribution in [0, 0.1) is 6.92 Å². The summed E-state index contributed by atoms with van der Waals surface area (Å²) in [7, 11) is 0. The summed E-state index contributed by atoms with van der Waals surface area (Å²) in [5.41, 5.74) is 4.44. The minimum atomic E-state index is -0.119. The monoisotopic (exact) mass is 278 g/mol. The average Bonchev–Trinajstić information content (AvgIpc) is 2.74. The third-order valence-corrected chi connectivity index (χ3v) is 3.14. The zero-order valence-corrected chi connectivity index (χ0v) is 10.4. The first kappa shape index (κ1) is 11.0. The summed E-state index contributed by atoms with van der Waals surface area (Å²) in [6.45, 7) is 1.95. The average molecular weight is 279 g/mol. The topological polar surface area (TPSA) is 34.0 Å². The van der Waals surface area contributed by atoms with Crippen LogP contribution in [0.3, 0.4) is 0 Å². The van der Waals surface area contributed by atoms with Gasteiger partial charge in [0.2, 0.25) is 0 Å². The second-order valence-electron chi connectivity index (χ2n) is 3.50. The van der Waals surface area contributed by atoms with Crippen LogP contribution in [0.25, 0.3) is 0 Å². The molecular weight excluding hydrogens is 268 g/mol. The van der Waals surface area contributed by atoms with Gasteiger partial charge in [-0.05, 0) is 42.8 Å². The molecule has 0 saturated heterocycles. The Morgan fingerprint density at radius 3 is 2.62 bits per heavy atom. The van der Waals surface area contributed by atoms with Crippen molar-refractivity contribution in [2.75, 3.05) is 5.43 Å². The van der Waals surface area contributed by atoms with Crippen LogP contribution in [0.5, 0.6) is 0 Å². The quantitative estimate of drug-likeness (QED) is 0.901. The Hall–Kier alpha value is -1.55. The SMILES string of the molecule is Cc1cc(C(=O)Nn2cccc2)ccc1Br. The van der Waals surface area contributed by atoms with Gasteiger partial charge >= 0.3 is 0 Å². The van der Waals surface area contributed by atoms with E-state index in [-0.39, 0.29) is 5.91 Å². The smallest absolute Gasteiger partial charge is 0.268 e. The summed E-state index contributed by atoms with van der Waals surface area (Å²) in [6.07, 6.45) is 3.56. The van der Waals surface area contributed by atoms with E-state index in [1.54, 1.807) is 23.1 Å². The predicted octanol–water partition coefficient (Wildman–Crippen LogP) is 2.94. The maximum absolute atomic E-state index is 11.8. The summed E-state index contributed by atoms with van der Waals surface area (Å²) in [5, 5.41) is 0. The van der Waals surface area contributed by atoms with Crippen LogP contribution in [-0.4, -0.2) is 10.6 Å². The van der Waals surface area contributed by atoms with Crippen LogP contribution in [0.4, 0.5) is 0 Å². The van der Waals surface area contributed by atoms with E-state index in [0.29, 0.717) is 5.56 Å². The minimum absolute atomic E-state index is 0.119. The number of nitrogens with zero attached hydrogens (tertiary/aromatic N) is 1. The first-order valence-corrected chi connectivity index (χ1v) is 5.66. The van der Waals surface area contributed by atoms with Gasteiger partial charge in [-0.15, -0.1) is 0 Å². The molecule has 0 spiro atoms. The molecule has 0 aliphatic heterocycles. The van der Waals surface area contributed by atoms with E-state index in [4.69, 9.17) is 0 Å². The van der Waals surface area contributed by atoms with Gasteiger partial charge < -0.3 is 0 Å². The first-order chi connectivity index (χ1) is 7.66. The van der Waals surface area contributed by atoms with Gasteiger partial charge in [-0.2, -0.15) is 0 Å². The Balaban J connectivity index is 2.18. The minimum Gasteiger partial charge on any atom is -0.268 e. The fourth-order valence-electron chi connectivity index (χ4n) is 1.38. The molecule has 82 valence electrons. The van der Waals surface area contributed by atoms with Gasteiger partial charge in [0.15, 0.2) is 0 Å². The van der Waals surface area contributed by atoms with Crippen molar-refractivity contribution in [3.05, 3.63) is 58.3 Å². The Kier molecular flexibility index (Phi) is 3.10. The fraction of sp³-hybridized carbons (Fsp3) is 0.0833. The van der Waals surface area contributed by atoms with Crippen molar-refractivity contribution in [3.8, 4) is 0 Å². The molecule has 3 nitrogen and oxygen atoms in total. The highest BCUT2D eigenvalue weighted by molar-refractivity contribution is 9.10. The second-order valence-corrected chi connectivity index (χ2v) is 4.35. The van der Waals surface area contributed by atoms with E-state index < -0.39 is 0 Å². The normalized spacial score (nSPS) is 10.1. The molecule has 2 aromatic rings. The van der Waals surface area contributed by atoms with E-state index >= 15 is 0 Å². The Labute approximate surface area is 102 Å². The van der Waals surface area contributed by atoms with Gasteiger partial charge in [-0.3, -0.25) is 14.9 Å². The molecule has 0 atom stereocenters. The maximum Gasteiger partial charge on any atom is 0.270 e. The lowest BCUT2D eigenvalue weighted by Gasteiger charge is -2.07. The molecule has 0 bridgehead atoms. The number of halogens is 1. The summed E-state index contributed by atoms with van der Waals surface area (Å²) in [5.74, 6) is -0.119. The largest absolute Gasteiger partial charge is 0.270 e. The number of carbonyl (C=O) groups excluding carboxylic acids is 1. The molecule has 1 aromatic carbocycles. The molecule has 0 saturated carbocycles. The van der Waals surface area contributed by atoms with Crippen molar-refractivity contribution < 1.29 is 4.79 Å². The highest BCUT2D eigenvalue weighted by atomic mass is 79.9. The second kappa shape index (κ2) is 4.53. The van der Waals surface area contributed by atoms with Crippen molar-refractivity contribution in [3.63, 3.8) is 0 Å². The zero-order valence-electron chi connectivity index (χ0n) is 8.77. The first-order valence-electron chi connectivity index (χ1n) is 4.87. The summed E-state index contributed by atoms with van der Waals surface area (Å²) in [6, 6.07) is 9.22. The number of carbonyl (C=O) groups is 1. The van der Waals surface area contributed by atoms with Crippen molar-refractivity contribution in [1.29, 1.82) is 0 Å². The van der Waals surface area contributed by atoms with Crippen molar-refractivity contribution >= 4 is 21.8 Å². The Morgan fingerprint density at radius 2 is 2.00 bits per heavy atom. The highest BCUT2D eigenvalue weighted by Crippen LogP contribution is 2.17. The molecule has 0 unspecified atom stereocenters. The summed E-state index contributed by atoms with van der Waals surface area (Å²) >= 11 is 3.40. The highest BCUT2D eigenvalue weighted by Gasteiger charge is 2.06. The molecule has 0 fully saturated rings. The van der Waals surface area contributed by atoms with E-state index in [1.807, 2.05) is 31.2 Å². The third-order valence-electron chi connectivity index (χ3n) is 2.26. The van der Waals surface area contributed by atoms with E-state index in [0.717, 1.165) is 10.0 Å². The number of benzene rings is 1. The molecule has 2 rings (SSSR count). The van der Waals surface area contributed by atoms with E-state index in [9.17, 15) is 4.79 Å². The van der Waals surface area contributed by atoms with Crippen LogP contribution in [-0.2, 0) is 0 Å². The summed E-state index contributed by atoms with van der Waals surface area (Å²) < 4.78 is 2.63. The molecule has 0 aliphatic rings. The molecule has 1 aromatic heterocycles. The lowest BCUT2D eigenvalue weighted by Crippen LogP contribution is -2.21. The number of nitrogens with one attached hydrogen (secondary N) is 1. The molecule has 1 amide bonds. The number of rotatable bonds is 2. The number of aromatic nitrogens is 1. The van der Waals surface area contributed by atoms with Gasteiger partial charge in [0, 0.05) is 22.4 Å². The van der Waals surface area contributed by atoms with Crippen LogP contribution in [0.15, 0.2) is 47.2 Å². The molecule has 16 heavy (non-hydrogen) atoms. The maximum atomic E-state index is 11.8. The molecule has 0 radical (unpaired) electrons. The summed E-state index contributed by atoms with van der Waals surface area (Å²) in [4.78, 5) is 11.8. The zero-order chi connectivity index (χ0) is 11.5. The van der Waals surface area contributed by atoms with Gasteiger partial charge in [0.25, 0.3) is 5.91 Å². The molecular formula is C12H11BrN2O. The standard InChI is InChI=1S/C12H11BrN2O/c1-9-8-10(4-5-11(9)13)12(16)14-15-6-2-3-7-15/h2-8H,1H3,(H,14,16). The molecule has 0 aliphatic carbocycles. The van der Waals surface area contributed by atoms with Gasteiger partial charge in [0.05, 0.1) is 0 Å². The van der Waals surface area contributed by atoms with Crippen molar-refractivity contribution in [1.82, 2.24) is 4.68 Å². The predicted molar refractivity (Wildman–Crippen MR) is 67.0 cm³/mol. The van der Waals surface area contributed by atoms with Crippen LogP contribution < -0.4 is 5.43 Å². The van der Waals surface area contributed by atoms with Gasteiger partial charge in [-0.25, -0.2) is 0 Å². The Bertz CT molecular complexity index is 506. The Morgan fingerprint density at radius 1 is 1.31 bits per heavy atom. The number of aryl methyl sites for hydroxylation is 1. The number of amides is 1. The van der Waals surface area contributed by atoms with Crippen molar-refractivity contribution in [2.45, 2.75) is 6.92 Å². The third kappa shape index (κ3) is 2.33. The van der Waals surface area contributed by atoms with E-state index in [2.05, 4.69) is 21.4 Å². The molecule has 1 heterocycles. The van der Waals surface area contributed by atoms with Gasteiger partial charge in [-0.1, -0.05) is 15.9 Å².